The molecule has 2 aromatic carbocycles. The number of aryl methyl sites for hydroxylation is 1. The molecule has 0 saturated heterocycles. The van der Waals surface area contributed by atoms with E-state index < -0.39 is 17.6 Å². The standard InChI is InChI=1S/C20H13F4N3OS/c1-11-17(18(28)25-15-4-2-3-13(9-15)20(22,23)24)29-19-26-16(10-27(11)19)12-5-7-14(21)8-6-12/h2-10H,1H3,(H,25,28). The van der Waals surface area contributed by atoms with E-state index in [1.165, 1.54) is 24.3 Å². The quantitative estimate of drug-likeness (QED) is 0.428. The molecule has 29 heavy (non-hydrogen) atoms. The van der Waals surface area contributed by atoms with Gasteiger partial charge in [-0.3, -0.25) is 9.20 Å². The van der Waals surface area contributed by atoms with Crippen molar-refractivity contribution in [2.75, 3.05) is 5.32 Å². The van der Waals surface area contributed by atoms with Gasteiger partial charge in [0.15, 0.2) is 4.96 Å². The van der Waals surface area contributed by atoms with E-state index in [0.717, 1.165) is 29.0 Å². The second-order valence-corrected chi connectivity index (χ2v) is 7.31. The van der Waals surface area contributed by atoms with Gasteiger partial charge in [0, 0.05) is 23.1 Å². The van der Waals surface area contributed by atoms with E-state index in [-0.39, 0.29) is 11.5 Å². The van der Waals surface area contributed by atoms with Crippen molar-refractivity contribution in [1.82, 2.24) is 9.38 Å². The van der Waals surface area contributed by atoms with Crippen LogP contribution in [0.4, 0.5) is 23.2 Å². The van der Waals surface area contributed by atoms with Gasteiger partial charge in [0.2, 0.25) is 0 Å². The molecule has 0 spiro atoms. The van der Waals surface area contributed by atoms with Gasteiger partial charge in [-0.2, -0.15) is 13.2 Å². The van der Waals surface area contributed by atoms with Gasteiger partial charge < -0.3 is 5.32 Å². The van der Waals surface area contributed by atoms with Crippen molar-refractivity contribution in [2.24, 2.45) is 0 Å². The third-order valence-electron chi connectivity index (χ3n) is 4.35. The van der Waals surface area contributed by atoms with Crippen LogP contribution in [0.3, 0.4) is 0 Å². The fourth-order valence-corrected chi connectivity index (χ4v) is 3.89. The molecule has 0 fully saturated rings. The van der Waals surface area contributed by atoms with Crippen molar-refractivity contribution in [3.8, 4) is 11.3 Å². The number of hydrogen-bond donors (Lipinski definition) is 1. The number of fused-ring (bicyclic) bond motifs is 1. The summed E-state index contributed by atoms with van der Waals surface area (Å²) in [5.74, 6) is -0.861. The van der Waals surface area contributed by atoms with E-state index in [4.69, 9.17) is 0 Å². The van der Waals surface area contributed by atoms with Crippen LogP contribution in [0.5, 0.6) is 0 Å². The SMILES string of the molecule is Cc1c(C(=O)Nc2cccc(C(F)(F)F)c2)sc2nc(-c3ccc(F)cc3)cn12. The molecule has 0 aliphatic heterocycles. The normalized spacial score (nSPS) is 11.8. The summed E-state index contributed by atoms with van der Waals surface area (Å²) in [5.41, 5.74) is 1.19. The summed E-state index contributed by atoms with van der Waals surface area (Å²) in [4.78, 5) is 17.9. The number of halogens is 4. The van der Waals surface area contributed by atoms with E-state index >= 15 is 0 Å². The molecular formula is C20H13F4N3OS. The van der Waals surface area contributed by atoms with E-state index in [2.05, 4.69) is 10.3 Å². The first-order valence-electron chi connectivity index (χ1n) is 8.45. The second-order valence-electron chi connectivity index (χ2n) is 6.33. The minimum atomic E-state index is -4.49. The monoisotopic (exact) mass is 419 g/mol. The maximum Gasteiger partial charge on any atom is 0.416 e. The molecule has 0 saturated carbocycles. The van der Waals surface area contributed by atoms with Crippen LogP contribution in [-0.4, -0.2) is 15.3 Å². The van der Waals surface area contributed by atoms with Crippen molar-refractivity contribution in [1.29, 1.82) is 0 Å². The molecule has 9 heteroatoms. The largest absolute Gasteiger partial charge is 0.416 e. The zero-order valence-electron chi connectivity index (χ0n) is 14.9. The highest BCUT2D eigenvalue weighted by molar-refractivity contribution is 7.19. The zero-order valence-corrected chi connectivity index (χ0v) is 15.7. The van der Waals surface area contributed by atoms with E-state index in [0.29, 0.717) is 21.2 Å². The van der Waals surface area contributed by atoms with Crippen LogP contribution in [0, 0.1) is 12.7 Å². The molecule has 0 unspecified atom stereocenters. The molecule has 1 N–H and O–H groups in total. The number of nitrogens with zero attached hydrogens (tertiary/aromatic N) is 2. The summed E-state index contributed by atoms with van der Waals surface area (Å²) in [6.45, 7) is 1.72. The lowest BCUT2D eigenvalue weighted by Crippen LogP contribution is -2.13. The van der Waals surface area contributed by atoms with Gasteiger partial charge in [0.25, 0.3) is 5.91 Å². The Bertz CT molecular complexity index is 1210. The van der Waals surface area contributed by atoms with Gasteiger partial charge in [-0.05, 0) is 49.4 Å². The molecule has 2 heterocycles. The Morgan fingerprint density at radius 3 is 2.52 bits per heavy atom. The van der Waals surface area contributed by atoms with Crippen molar-refractivity contribution in [3.05, 3.63) is 76.7 Å². The second kappa shape index (κ2) is 7.00. The van der Waals surface area contributed by atoms with Crippen molar-refractivity contribution < 1.29 is 22.4 Å². The maximum atomic E-state index is 13.1. The lowest BCUT2D eigenvalue weighted by Gasteiger charge is -2.09. The average molecular weight is 419 g/mol. The number of carbonyl (C=O) groups excluding carboxylic acids is 1. The molecule has 0 radical (unpaired) electrons. The summed E-state index contributed by atoms with van der Waals surface area (Å²) >= 11 is 1.12. The van der Waals surface area contributed by atoms with Gasteiger partial charge in [-0.15, -0.1) is 0 Å². The highest BCUT2D eigenvalue weighted by Gasteiger charge is 2.30. The average Bonchev–Trinajstić information content (AvgIpc) is 3.21. The summed E-state index contributed by atoms with van der Waals surface area (Å²) in [5, 5.41) is 2.50. The molecule has 4 aromatic rings. The van der Waals surface area contributed by atoms with E-state index in [1.807, 2.05) is 0 Å². The summed E-state index contributed by atoms with van der Waals surface area (Å²) < 4.78 is 53.4. The molecular weight excluding hydrogens is 406 g/mol. The number of amides is 1. The Balaban J connectivity index is 1.61. The smallest absolute Gasteiger partial charge is 0.321 e. The fraction of sp³-hybridized carbons (Fsp3) is 0.100. The number of imidazole rings is 1. The molecule has 4 rings (SSSR count). The zero-order chi connectivity index (χ0) is 20.8. The summed E-state index contributed by atoms with van der Waals surface area (Å²) in [7, 11) is 0. The number of hydrogen-bond acceptors (Lipinski definition) is 3. The highest BCUT2D eigenvalue weighted by atomic mass is 32.1. The number of carbonyl (C=O) groups is 1. The van der Waals surface area contributed by atoms with Crippen LogP contribution in [0.2, 0.25) is 0 Å². The predicted molar refractivity (Wildman–Crippen MR) is 103 cm³/mol. The topological polar surface area (TPSA) is 46.4 Å². The molecule has 148 valence electrons. The van der Waals surface area contributed by atoms with Gasteiger partial charge in [0.1, 0.15) is 10.7 Å². The summed E-state index contributed by atoms with van der Waals surface area (Å²) in [6.07, 6.45) is -2.76. The number of nitrogens with one attached hydrogen (secondary N) is 1. The third-order valence-corrected chi connectivity index (χ3v) is 5.51. The first-order chi connectivity index (χ1) is 13.7. The number of benzene rings is 2. The van der Waals surface area contributed by atoms with Crippen molar-refractivity contribution in [2.45, 2.75) is 13.1 Å². The van der Waals surface area contributed by atoms with E-state index in [1.54, 1.807) is 29.7 Å². The van der Waals surface area contributed by atoms with Crippen LogP contribution in [0.15, 0.2) is 54.7 Å². The Hall–Kier alpha value is -3.20. The van der Waals surface area contributed by atoms with Crippen LogP contribution in [0.25, 0.3) is 16.2 Å². The number of anilines is 1. The van der Waals surface area contributed by atoms with Gasteiger partial charge in [-0.25, -0.2) is 9.37 Å². The third kappa shape index (κ3) is 3.73. The lowest BCUT2D eigenvalue weighted by atomic mass is 10.2. The van der Waals surface area contributed by atoms with Crippen molar-refractivity contribution >= 4 is 27.9 Å². The highest BCUT2D eigenvalue weighted by Crippen LogP contribution is 2.31. The Kier molecular flexibility index (Phi) is 4.62. The Labute approximate surface area is 166 Å². The first kappa shape index (κ1) is 19.1. The number of aromatic nitrogens is 2. The molecule has 0 aliphatic rings. The van der Waals surface area contributed by atoms with Crippen LogP contribution >= 0.6 is 11.3 Å². The van der Waals surface area contributed by atoms with Gasteiger partial charge in [-0.1, -0.05) is 17.4 Å². The van der Waals surface area contributed by atoms with Gasteiger partial charge >= 0.3 is 6.18 Å². The number of thiazole rings is 1. The fourth-order valence-electron chi connectivity index (χ4n) is 2.88. The molecule has 4 nitrogen and oxygen atoms in total. The van der Waals surface area contributed by atoms with Gasteiger partial charge in [0.05, 0.1) is 11.3 Å². The summed E-state index contributed by atoms with van der Waals surface area (Å²) in [6, 6.07) is 10.4. The minimum Gasteiger partial charge on any atom is -0.321 e. The molecule has 1 amide bonds. The van der Waals surface area contributed by atoms with Crippen molar-refractivity contribution in [3.63, 3.8) is 0 Å². The van der Waals surface area contributed by atoms with Crippen LogP contribution < -0.4 is 5.32 Å². The Morgan fingerprint density at radius 1 is 1.14 bits per heavy atom. The van der Waals surface area contributed by atoms with Crippen LogP contribution in [-0.2, 0) is 6.18 Å². The number of rotatable bonds is 3. The molecule has 0 atom stereocenters. The lowest BCUT2D eigenvalue weighted by molar-refractivity contribution is -0.137. The molecule has 0 aliphatic carbocycles. The number of alkyl halides is 3. The van der Waals surface area contributed by atoms with E-state index in [9.17, 15) is 22.4 Å². The maximum absolute atomic E-state index is 13.1. The Morgan fingerprint density at radius 2 is 1.86 bits per heavy atom. The minimum absolute atomic E-state index is 0.0577. The predicted octanol–water partition coefficient (Wildman–Crippen LogP) is 5.78. The molecule has 0 bridgehead atoms. The van der Waals surface area contributed by atoms with Crippen LogP contribution in [0.1, 0.15) is 20.9 Å². The first-order valence-corrected chi connectivity index (χ1v) is 9.27. The molecule has 2 aromatic heterocycles.